The smallest absolute Gasteiger partial charge is 0.410 e. The molecule has 0 aromatic heterocycles. The molecule has 110 valence electrons. The summed E-state index contributed by atoms with van der Waals surface area (Å²) in [5, 5.41) is 0. The Kier molecular flexibility index (Phi) is 4.31. The van der Waals surface area contributed by atoms with Gasteiger partial charge >= 0.3 is 6.09 Å². The molecule has 0 N–H and O–H groups in total. The lowest BCUT2D eigenvalue weighted by molar-refractivity contribution is 0.0224. The van der Waals surface area contributed by atoms with Crippen LogP contribution in [-0.4, -0.2) is 23.1 Å². The van der Waals surface area contributed by atoms with Crippen LogP contribution in [0.3, 0.4) is 0 Å². The third-order valence-corrected chi connectivity index (χ3v) is 3.40. The Hall–Kier alpha value is -1.58. The van der Waals surface area contributed by atoms with Gasteiger partial charge in [-0.1, -0.05) is 24.3 Å². The molecule has 0 saturated carbocycles. The number of hydrogen-bond acceptors (Lipinski definition) is 2. The van der Waals surface area contributed by atoms with Crippen LogP contribution in [0, 0.1) is 0 Å². The van der Waals surface area contributed by atoms with Gasteiger partial charge in [0.2, 0.25) is 0 Å². The predicted octanol–water partition coefficient (Wildman–Crippen LogP) is 4.23. The van der Waals surface area contributed by atoms with E-state index in [2.05, 4.69) is 0 Å². The Morgan fingerprint density at radius 3 is 2.55 bits per heavy atom. The second kappa shape index (κ2) is 5.81. The number of benzene rings is 1. The third kappa shape index (κ3) is 3.50. The van der Waals surface area contributed by atoms with Crippen LogP contribution in [0.15, 0.2) is 24.3 Å². The van der Waals surface area contributed by atoms with E-state index in [1.807, 2.05) is 32.9 Å². The minimum absolute atomic E-state index is 0.0403. The van der Waals surface area contributed by atoms with Crippen molar-refractivity contribution in [2.24, 2.45) is 0 Å². The largest absolute Gasteiger partial charge is 0.444 e. The fourth-order valence-electron chi connectivity index (χ4n) is 2.48. The van der Waals surface area contributed by atoms with Crippen LogP contribution in [0.1, 0.15) is 50.8 Å². The molecule has 1 heterocycles. The molecule has 1 unspecified atom stereocenters. The van der Waals surface area contributed by atoms with Crippen LogP contribution in [0.5, 0.6) is 0 Å². The van der Waals surface area contributed by atoms with Gasteiger partial charge in [-0.05, 0) is 44.7 Å². The van der Waals surface area contributed by atoms with E-state index in [1.54, 1.807) is 17.0 Å². The number of ether oxygens (including phenoxy) is 1. The number of alkyl halides is 1. The lowest BCUT2D eigenvalue weighted by Crippen LogP contribution is -2.36. The van der Waals surface area contributed by atoms with Crippen LogP contribution in [-0.2, 0) is 11.4 Å². The van der Waals surface area contributed by atoms with Gasteiger partial charge in [-0.25, -0.2) is 9.18 Å². The molecule has 1 saturated heterocycles. The summed E-state index contributed by atoms with van der Waals surface area (Å²) in [7, 11) is 0. The average molecular weight is 279 g/mol. The molecule has 0 spiro atoms. The minimum Gasteiger partial charge on any atom is -0.444 e. The van der Waals surface area contributed by atoms with Gasteiger partial charge in [0, 0.05) is 6.54 Å². The molecule has 3 nitrogen and oxygen atoms in total. The maximum absolute atomic E-state index is 12.5. The first-order chi connectivity index (χ1) is 9.40. The fraction of sp³-hybridized carbons (Fsp3) is 0.562. The Labute approximate surface area is 119 Å². The summed E-state index contributed by atoms with van der Waals surface area (Å²) in [6, 6.07) is 7.41. The Morgan fingerprint density at radius 1 is 1.35 bits per heavy atom. The number of rotatable bonds is 2. The van der Waals surface area contributed by atoms with Crippen LogP contribution >= 0.6 is 0 Å². The minimum atomic E-state index is -0.484. The summed E-state index contributed by atoms with van der Waals surface area (Å²) in [5.41, 5.74) is 1.23. The van der Waals surface area contributed by atoms with Crippen LogP contribution in [0.25, 0.3) is 0 Å². The normalized spacial score (nSPS) is 19.2. The second-order valence-electron chi connectivity index (χ2n) is 6.21. The monoisotopic (exact) mass is 279 g/mol. The number of carbonyl (C=O) groups excluding carboxylic acids is 1. The summed E-state index contributed by atoms with van der Waals surface area (Å²) in [5.74, 6) is 0. The van der Waals surface area contributed by atoms with Gasteiger partial charge in [0.05, 0.1) is 6.04 Å². The van der Waals surface area contributed by atoms with Crippen molar-refractivity contribution in [3.63, 3.8) is 0 Å². The first-order valence-corrected chi connectivity index (χ1v) is 7.05. The van der Waals surface area contributed by atoms with E-state index in [0.29, 0.717) is 12.1 Å². The summed E-state index contributed by atoms with van der Waals surface area (Å²) in [6.45, 7) is 5.86. The summed E-state index contributed by atoms with van der Waals surface area (Å²) in [4.78, 5) is 14.0. The van der Waals surface area contributed by atoms with Gasteiger partial charge in [-0.3, -0.25) is 0 Å². The topological polar surface area (TPSA) is 29.5 Å². The average Bonchev–Trinajstić information content (AvgIpc) is 2.86. The molecular formula is C16H22FNO2. The van der Waals surface area contributed by atoms with E-state index in [9.17, 15) is 9.18 Å². The lowest BCUT2D eigenvalue weighted by atomic mass is 10.0. The van der Waals surface area contributed by atoms with Crippen LogP contribution in [0.2, 0.25) is 0 Å². The van der Waals surface area contributed by atoms with Crippen molar-refractivity contribution in [2.75, 3.05) is 6.54 Å². The molecule has 1 aliphatic rings. The van der Waals surface area contributed by atoms with E-state index >= 15 is 0 Å². The zero-order chi connectivity index (χ0) is 14.8. The van der Waals surface area contributed by atoms with E-state index in [0.717, 1.165) is 18.4 Å². The maximum Gasteiger partial charge on any atom is 0.410 e. The first kappa shape index (κ1) is 14.8. The standard InChI is InChI=1S/C16H22FNO2/c1-16(2,3)20-15(19)18-10-4-5-14(18)13-8-6-12(11-17)7-9-13/h6-9,14H,4-5,10-11H2,1-3H3. The zero-order valence-electron chi connectivity index (χ0n) is 12.4. The van der Waals surface area contributed by atoms with Crippen molar-refractivity contribution in [1.82, 2.24) is 4.90 Å². The van der Waals surface area contributed by atoms with Crippen molar-refractivity contribution < 1.29 is 13.9 Å². The summed E-state index contributed by atoms with van der Waals surface area (Å²) < 4.78 is 18.0. The van der Waals surface area contributed by atoms with E-state index in [-0.39, 0.29) is 12.1 Å². The molecule has 1 amide bonds. The van der Waals surface area contributed by atoms with Crippen molar-refractivity contribution >= 4 is 6.09 Å². The van der Waals surface area contributed by atoms with Gasteiger partial charge < -0.3 is 9.64 Å². The van der Waals surface area contributed by atoms with E-state index in [1.165, 1.54) is 0 Å². The number of halogens is 1. The van der Waals surface area contributed by atoms with Gasteiger partial charge in [0.25, 0.3) is 0 Å². The molecular weight excluding hydrogens is 257 g/mol. The highest BCUT2D eigenvalue weighted by molar-refractivity contribution is 5.69. The predicted molar refractivity (Wildman–Crippen MR) is 76.2 cm³/mol. The lowest BCUT2D eigenvalue weighted by Gasteiger charge is -2.28. The summed E-state index contributed by atoms with van der Waals surface area (Å²) >= 11 is 0. The Bertz CT molecular complexity index is 464. The Morgan fingerprint density at radius 2 is 2.00 bits per heavy atom. The SMILES string of the molecule is CC(C)(C)OC(=O)N1CCCC1c1ccc(CF)cc1. The van der Waals surface area contributed by atoms with Gasteiger partial charge in [0.1, 0.15) is 12.3 Å². The maximum atomic E-state index is 12.5. The molecule has 0 radical (unpaired) electrons. The molecule has 1 aromatic carbocycles. The molecule has 0 aliphatic carbocycles. The van der Waals surface area contributed by atoms with Gasteiger partial charge in [0.15, 0.2) is 0 Å². The van der Waals surface area contributed by atoms with Crippen molar-refractivity contribution in [2.45, 2.75) is 51.9 Å². The molecule has 1 aliphatic heterocycles. The molecule has 0 bridgehead atoms. The fourth-order valence-corrected chi connectivity index (χ4v) is 2.48. The summed E-state index contributed by atoms with van der Waals surface area (Å²) in [6.07, 6.45) is 1.62. The van der Waals surface area contributed by atoms with Crippen LogP contribution in [0.4, 0.5) is 9.18 Å². The van der Waals surface area contributed by atoms with Crippen LogP contribution < -0.4 is 0 Å². The molecule has 1 aromatic rings. The van der Waals surface area contributed by atoms with Crippen molar-refractivity contribution in [3.05, 3.63) is 35.4 Å². The quantitative estimate of drug-likeness (QED) is 0.811. The first-order valence-electron chi connectivity index (χ1n) is 7.05. The molecule has 4 heteroatoms. The zero-order valence-corrected chi connectivity index (χ0v) is 12.4. The second-order valence-corrected chi connectivity index (χ2v) is 6.21. The van der Waals surface area contributed by atoms with Crippen molar-refractivity contribution in [1.29, 1.82) is 0 Å². The number of hydrogen-bond donors (Lipinski definition) is 0. The highest BCUT2D eigenvalue weighted by Gasteiger charge is 2.32. The highest BCUT2D eigenvalue weighted by atomic mass is 19.1. The molecule has 2 rings (SSSR count). The van der Waals surface area contributed by atoms with E-state index < -0.39 is 12.3 Å². The third-order valence-electron chi connectivity index (χ3n) is 3.40. The Balaban J connectivity index is 2.12. The number of nitrogens with zero attached hydrogens (tertiary/aromatic N) is 1. The van der Waals surface area contributed by atoms with E-state index in [4.69, 9.17) is 4.74 Å². The highest BCUT2D eigenvalue weighted by Crippen LogP contribution is 2.33. The van der Waals surface area contributed by atoms with Crippen molar-refractivity contribution in [3.8, 4) is 0 Å². The van der Waals surface area contributed by atoms with Gasteiger partial charge in [-0.2, -0.15) is 0 Å². The van der Waals surface area contributed by atoms with Gasteiger partial charge in [-0.15, -0.1) is 0 Å². The molecule has 1 atom stereocenters. The number of amides is 1. The molecule has 1 fully saturated rings. The molecule has 20 heavy (non-hydrogen) atoms. The number of likely N-dealkylation sites (tertiary alicyclic amines) is 1. The number of carbonyl (C=O) groups is 1.